The van der Waals surface area contributed by atoms with E-state index in [1.165, 1.54) is 12.8 Å². The van der Waals surface area contributed by atoms with E-state index in [2.05, 4.69) is 40.3 Å². The minimum absolute atomic E-state index is 0. The number of rotatable bonds is 4. The summed E-state index contributed by atoms with van der Waals surface area (Å²) in [7, 11) is 8.88. The van der Waals surface area contributed by atoms with Gasteiger partial charge < -0.3 is 16.0 Å². The Hall–Kier alpha value is 0.230. The van der Waals surface area contributed by atoms with E-state index < -0.39 is 0 Å². The van der Waals surface area contributed by atoms with Crippen molar-refractivity contribution in [3.8, 4) is 0 Å². The third-order valence-corrected chi connectivity index (χ3v) is 1.75. The third kappa shape index (κ3) is 22.0. The molecule has 0 spiro atoms. The van der Waals surface area contributed by atoms with Crippen LogP contribution in [0.5, 0.6) is 0 Å². The molecule has 100 valence electrons. The molecule has 17 heavy (non-hydrogen) atoms. The molecule has 0 aromatic carbocycles. The molecule has 3 nitrogen and oxygen atoms in total. The Morgan fingerprint density at radius 3 is 1.65 bits per heavy atom. The summed E-state index contributed by atoms with van der Waals surface area (Å²) < 4.78 is 0. The number of hydrogen-bond acceptors (Lipinski definition) is 0. The minimum atomic E-state index is 0. The van der Waals surface area contributed by atoms with Crippen molar-refractivity contribution >= 4 is 0 Å². The monoisotopic (exact) mass is 404 g/mol. The van der Waals surface area contributed by atoms with Crippen molar-refractivity contribution in [2.75, 3.05) is 41.8 Å². The fourth-order valence-electron chi connectivity index (χ4n) is 1.16. The second kappa shape index (κ2) is 21.5. The molecule has 0 bridgehead atoms. The van der Waals surface area contributed by atoms with Gasteiger partial charge in [-0.3, -0.25) is 0 Å². The Morgan fingerprint density at radius 2 is 1.29 bits per heavy atom. The van der Waals surface area contributed by atoms with Crippen molar-refractivity contribution in [3.63, 3.8) is 0 Å². The Labute approximate surface area is 126 Å². The van der Waals surface area contributed by atoms with Crippen molar-refractivity contribution in [1.82, 2.24) is 0 Å². The van der Waals surface area contributed by atoms with Crippen LogP contribution in [0.4, 0.5) is 0 Å². The van der Waals surface area contributed by atoms with Gasteiger partial charge in [0.05, 0.1) is 0 Å². The van der Waals surface area contributed by atoms with Crippen LogP contribution in [0.1, 0.15) is 12.8 Å². The van der Waals surface area contributed by atoms with Gasteiger partial charge in [-0.15, -0.1) is 6.54 Å². The number of nitrogens with zero attached hydrogens (tertiary/aromatic N) is 3. The van der Waals surface area contributed by atoms with E-state index in [-0.39, 0.29) is 25.8 Å². The molecule has 0 N–H and O–H groups in total. The van der Waals surface area contributed by atoms with E-state index >= 15 is 0 Å². The first-order valence-electron chi connectivity index (χ1n) is 5.63. The van der Waals surface area contributed by atoms with Crippen LogP contribution in [0.3, 0.4) is 0 Å². The molecule has 1 aliphatic rings. The zero-order chi connectivity index (χ0) is 12.6. The van der Waals surface area contributed by atoms with Crippen molar-refractivity contribution in [1.29, 1.82) is 0 Å². The Morgan fingerprint density at radius 1 is 0.882 bits per heavy atom. The summed E-state index contributed by atoms with van der Waals surface area (Å²) in [6, 6.07) is 0. The molecule has 1 aliphatic carbocycles. The summed E-state index contributed by atoms with van der Waals surface area (Å²) in [4.78, 5) is 0. The maximum absolute atomic E-state index is 4.05. The minimum Gasteiger partial charge on any atom is -0.668 e. The van der Waals surface area contributed by atoms with Crippen LogP contribution in [-0.2, 0) is 25.8 Å². The van der Waals surface area contributed by atoms with E-state index in [0.717, 1.165) is 6.54 Å². The van der Waals surface area contributed by atoms with Crippen LogP contribution in [0.2, 0.25) is 0 Å². The molecule has 0 aromatic heterocycles. The molecule has 0 fully saturated rings. The van der Waals surface area contributed by atoms with Crippen molar-refractivity contribution in [2.24, 2.45) is 5.92 Å². The molecule has 0 atom stereocenters. The topological polar surface area (TPSA) is 42.3 Å². The predicted molar refractivity (Wildman–Crippen MR) is 75.6 cm³/mol. The SMILES string of the molecule is C[N-]C.C[N-]C.C[N-]CCCC1C=CC=C1.[Hf]. The van der Waals surface area contributed by atoms with Gasteiger partial charge in [0.15, 0.2) is 0 Å². The molecule has 1 rings (SSSR count). The van der Waals surface area contributed by atoms with Gasteiger partial charge in [0.1, 0.15) is 0 Å². The smallest absolute Gasteiger partial charge is 0 e. The van der Waals surface area contributed by atoms with Gasteiger partial charge in [-0.25, -0.2) is 0 Å². The molecule has 0 radical (unpaired) electrons. The van der Waals surface area contributed by atoms with Crippen LogP contribution in [0, 0.1) is 5.92 Å². The quantitative estimate of drug-likeness (QED) is 0.508. The molecule has 0 heterocycles. The summed E-state index contributed by atoms with van der Waals surface area (Å²) in [5.74, 6) is 0.696. The maximum atomic E-state index is 4.05. The second-order valence-corrected chi connectivity index (χ2v) is 3.51. The third-order valence-electron chi connectivity index (χ3n) is 1.75. The summed E-state index contributed by atoms with van der Waals surface area (Å²) in [6.45, 7) is 1.01. The van der Waals surface area contributed by atoms with Crippen molar-refractivity contribution < 1.29 is 25.8 Å². The van der Waals surface area contributed by atoms with Gasteiger partial charge >= 0.3 is 0 Å². The van der Waals surface area contributed by atoms with E-state index in [9.17, 15) is 0 Å². The van der Waals surface area contributed by atoms with Crippen molar-refractivity contribution in [3.05, 3.63) is 40.3 Å². The fraction of sp³-hybridized carbons (Fsp3) is 0.692. The van der Waals surface area contributed by atoms with Gasteiger partial charge in [0.25, 0.3) is 0 Å². The average molecular weight is 403 g/mol. The second-order valence-electron chi connectivity index (χ2n) is 3.51. The largest absolute Gasteiger partial charge is 0.668 e. The zero-order valence-electron chi connectivity index (χ0n) is 11.8. The van der Waals surface area contributed by atoms with E-state index in [0.29, 0.717) is 5.92 Å². The molecule has 0 unspecified atom stereocenters. The van der Waals surface area contributed by atoms with Gasteiger partial charge in [0, 0.05) is 25.8 Å². The Bertz CT molecular complexity index is 156. The predicted octanol–water partition coefficient (Wildman–Crippen LogP) is 3.75. The first kappa shape index (κ1) is 22.4. The summed E-state index contributed by atoms with van der Waals surface area (Å²) in [6.07, 6.45) is 11.2. The number of allylic oxidation sites excluding steroid dienone is 4. The first-order valence-corrected chi connectivity index (χ1v) is 5.63. The summed E-state index contributed by atoms with van der Waals surface area (Å²) >= 11 is 0. The van der Waals surface area contributed by atoms with Crippen LogP contribution in [-0.4, -0.2) is 41.8 Å². The molecule has 0 saturated carbocycles. The van der Waals surface area contributed by atoms with Crippen LogP contribution < -0.4 is 0 Å². The molecule has 4 heteroatoms. The van der Waals surface area contributed by atoms with E-state index in [1.54, 1.807) is 28.2 Å². The Balaban J connectivity index is -0.000000240. The van der Waals surface area contributed by atoms with Gasteiger partial charge in [0.2, 0.25) is 0 Å². The first-order chi connectivity index (χ1) is 7.76. The van der Waals surface area contributed by atoms with Crippen molar-refractivity contribution in [2.45, 2.75) is 12.8 Å². The molecular weight excluding hydrogens is 377 g/mol. The normalized spacial score (nSPS) is 12.1. The maximum Gasteiger partial charge on any atom is 0 e. The van der Waals surface area contributed by atoms with Gasteiger partial charge in [-0.1, -0.05) is 30.7 Å². The Kier molecular flexibility index (Phi) is 28.4. The molecule has 0 saturated heterocycles. The average Bonchev–Trinajstić information content (AvgIpc) is 2.73. The zero-order valence-corrected chi connectivity index (χ0v) is 15.4. The number of hydrogen-bond donors (Lipinski definition) is 0. The van der Waals surface area contributed by atoms with E-state index in [1.807, 2.05) is 7.05 Å². The molecule has 0 amide bonds. The van der Waals surface area contributed by atoms with Crippen LogP contribution >= 0.6 is 0 Å². The summed E-state index contributed by atoms with van der Waals surface area (Å²) in [5, 5.41) is 11.0. The molecule has 0 aliphatic heterocycles. The van der Waals surface area contributed by atoms with E-state index in [4.69, 9.17) is 0 Å². The van der Waals surface area contributed by atoms with Crippen LogP contribution in [0.25, 0.3) is 16.0 Å². The van der Waals surface area contributed by atoms with Gasteiger partial charge in [-0.2, -0.15) is 35.2 Å². The summed E-state index contributed by atoms with van der Waals surface area (Å²) in [5.41, 5.74) is 0. The fourth-order valence-corrected chi connectivity index (χ4v) is 1.16. The van der Waals surface area contributed by atoms with Crippen LogP contribution in [0.15, 0.2) is 24.3 Å². The molecule has 0 aromatic rings. The van der Waals surface area contributed by atoms with Gasteiger partial charge in [-0.05, 0) is 12.3 Å². The molecular formula is C13H26HfN3-3. The standard InChI is InChI=1S/C9H14N.2C2H6N.Hf/c1-10-8-4-7-9-5-2-3-6-9;2*1-3-2;/h2-3,5-6,9H,4,7-8H2,1H3;2*1-2H3;/q3*-1;.